The van der Waals surface area contributed by atoms with E-state index in [-0.39, 0.29) is 6.42 Å². The van der Waals surface area contributed by atoms with Crippen LogP contribution in [0.3, 0.4) is 0 Å². The highest BCUT2D eigenvalue weighted by Gasteiger charge is 2.28. The Morgan fingerprint density at radius 3 is 2.91 bits per heavy atom. The van der Waals surface area contributed by atoms with E-state index >= 15 is 0 Å². The fourth-order valence-electron chi connectivity index (χ4n) is 0.864. The maximum absolute atomic E-state index is 10.8. The second kappa shape index (κ2) is 3.45. The Bertz CT molecular complexity index is 179. The van der Waals surface area contributed by atoms with Crippen LogP contribution in [0.2, 0.25) is 0 Å². The number of ether oxygens (including phenoxy) is 1. The van der Waals surface area contributed by atoms with Gasteiger partial charge in [0, 0.05) is 6.42 Å². The molecule has 11 heavy (non-hydrogen) atoms. The van der Waals surface area contributed by atoms with Gasteiger partial charge in [-0.15, -0.1) is 0 Å². The Morgan fingerprint density at radius 1 is 1.64 bits per heavy atom. The van der Waals surface area contributed by atoms with Crippen LogP contribution in [0.5, 0.6) is 0 Å². The van der Waals surface area contributed by atoms with E-state index in [1.165, 1.54) is 7.11 Å². The van der Waals surface area contributed by atoms with Crippen LogP contribution in [0.15, 0.2) is 0 Å². The van der Waals surface area contributed by atoms with Crippen LogP contribution in [-0.2, 0) is 19.2 Å². The van der Waals surface area contributed by atoms with E-state index in [1.54, 1.807) is 0 Å². The lowest BCUT2D eigenvalue weighted by Gasteiger charge is -2.18. The fraction of sp³-hybridized carbons (Fsp3) is 0.667. The van der Waals surface area contributed by atoms with Crippen LogP contribution < -0.4 is 5.48 Å². The number of hydrogen-bond acceptors (Lipinski definition) is 5. The number of nitrogens with one attached hydrogen (secondary N) is 1. The molecule has 0 radical (unpaired) electrons. The van der Waals surface area contributed by atoms with Gasteiger partial charge in [0.1, 0.15) is 6.04 Å². The first-order valence-corrected chi connectivity index (χ1v) is 3.27. The molecule has 5 heteroatoms. The van der Waals surface area contributed by atoms with Gasteiger partial charge in [0.25, 0.3) is 0 Å². The van der Waals surface area contributed by atoms with Crippen molar-refractivity contribution in [1.82, 2.24) is 5.48 Å². The van der Waals surface area contributed by atoms with Crippen molar-refractivity contribution in [3.63, 3.8) is 0 Å². The summed E-state index contributed by atoms with van der Waals surface area (Å²) in [6, 6.07) is -0.502. The Labute approximate surface area is 63.6 Å². The third-order valence-corrected chi connectivity index (χ3v) is 1.40. The molecule has 1 aliphatic heterocycles. The number of carbonyl (C=O) groups excluding carboxylic acids is 2. The first-order valence-electron chi connectivity index (χ1n) is 3.27. The third-order valence-electron chi connectivity index (χ3n) is 1.40. The molecule has 0 aliphatic carbocycles. The van der Waals surface area contributed by atoms with Gasteiger partial charge in [-0.1, -0.05) is 0 Å². The van der Waals surface area contributed by atoms with Crippen LogP contribution >= 0.6 is 0 Å². The molecule has 5 nitrogen and oxygen atoms in total. The molecule has 1 atom stereocenters. The third kappa shape index (κ3) is 1.99. The second-order valence-corrected chi connectivity index (χ2v) is 2.21. The molecule has 0 aromatic heterocycles. The highest BCUT2D eigenvalue weighted by molar-refractivity contribution is 5.91. The van der Waals surface area contributed by atoms with Crippen LogP contribution in [0.1, 0.15) is 12.8 Å². The van der Waals surface area contributed by atoms with Gasteiger partial charge < -0.3 is 9.57 Å². The molecule has 0 spiro atoms. The van der Waals surface area contributed by atoms with Crippen LogP contribution in [0, 0.1) is 0 Å². The fourth-order valence-corrected chi connectivity index (χ4v) is 0.864. The highest BCUT2D eigenvalue weighted by Crippen LogP contribution is 2.08. The van der Waals surface area contributed by atoms with Crippen molar-refractivity contribution in [2.45, 2.75) is 18.9 Å². The maximum Gasteiger partial charge on any atom is 0.333 e. The van der Waals surface area contributed by atoms with Crippen LogP contribution in [-0.4, -0.2) is 25.1 Å². The van der Waals surface area contributed by atoms with E-state index in [2.05, 4.69) is 15.1 Å². The summed E-state index contributed by atoms with van der Waals surface area (Å²) in [5, 5.41) is 0. The van der Waals surface area contributed by atoms with Gasteiger partial charge in [-0.25, -0.2) is 4.79 Å². The van der Waals surface area contributed by atoms with Crippen molar-refractivity contribution in [3.05, 3.63) is 0 Å². The minimum atomic E-state index is -0.567. The topological polar surface area (TPSA) is 64.6 Å². The van der Waals surface area contributed by atoms with Crippen molar-refractivity contribution >= 4 is 11.9 Å². The SMILES string of the molecule is CONC1CCC(=O)OC1=O. The van der Waals surface area contributed by atoms with Gasteiger partial charge in [0.2, 0.25) is 0 Å². The predicted octanol–water partition coefficient (Wildman–Crippen LogP) is -0.630. The van der Waals surface area contributed by atoms with Gasteiger partial charge in [0.05, 0.1) is 7.11 Å². The first kappa shape index (κ1) is 8.16. The molecule has 1 unspecified atom stereocenters. The van der Waals surface area contributed by atoms with Crippen molar-refractivity contribution in [3.8, 4) is 0 Å². The molecular weight excluding hydrogens is 150 g/mol. The highest BCUT2D eigenvalue weighted by atomic mass is 16.6. The quantitative estimate of drug-likeness (QED) is 0.330. The molecule has 1 rings (SSSR count). The van der Waals surface area contributed by atoms with E-state index in [0.717, 1.165) is 0 Å². The van der Waals surface area contributed by atoms with E-state index in [9.17, 15) is 9.59 Å². The summed E-state index contributed by atoms with van der Waals surface area (Å²) in [6.07, 6.45) is 0.693. The zero-order valence-electron chi connectivity index (χ0n) is 6.12. The Hall–Kier alpha value is -0.940. The van der Waals surface area contributed by atoms with Crippen molar-refractivity contribution in [2.75, 3.05) is 7.11 Å². The van der Waals surface area contributed by atoms with E-state index in [0.29, 0.717) is 6.42 Å². The molecule has 1 N–H and O–H groups in total. The molecule has 0 aromatic carbocycles. The molecule has 1 aliphatic rings. The lowest BCUT2D eigenvalue weighted by molar-refractivity contribution is -0.168. The van der Waals surface area contributed by atoms with Crippen molar-refractivity contribution < 1.29 is 19.2 Å². The summed E-state index contributed by atoms with van der Waals surface area (Å²) in [6.45, 7) is 0. The van der Waals surface area contributed by atoms with Crippen LogP contribution in [0.25, 0.3) is 0 Å². The van der Waals surface area contributed by atoms with Gasteiger partial charge in [0.15, 0.2) is 0 Å². The summed E-state index contributed by atoms with van der Waals surface area (Å²) in [4.78, 5) is 25.8. The molecule has 0 saturated carbocycles. The minimum absolute atomic E-state index is 0.257. The monoisotopic (exact) mass is 159 g/mol. The van der Waals surface area contributed by atoms with E-state index < -0.39 is 18.0 Å². The number of carbonyl (C=O) groups is 2. The molecular formula is C6H9NO4. The molecule has 0 aromatic rings. The van der Waals surface area contributed by atoms with Gasteiger partial charge in [-0.3, -0.25) is 4.79 Å². The lowest BCUT2D eigenvalue weighted by Crippen LogP contribution is -2.42. The van der Waals surface area contributed by atoms with Gasteiger partial charge >= 0.3 is 11.9 Å². The minimum Gasteiger partial charge on any atom is -0.392 e. The molecule has 1 heterocycles. The summed E-state index contributed by atoms with van der Waals surface area (Å²) in [5.74, 6) is -1.03. The zero-order valence-corrected chi connectivity index (χ0v) is 6.12. The normalized spacial score (nSPS) is 25.0. The Morgan fingerprint density at radius 2 is 2.36 bits per heavy atom. The van der Waals surface area contributed by atoms with E-state index in [1.807, 2.05) is 0 Å². The summed E-state index contributed by atoms with van der Waals surface area (Å²) in [7, 11) is 1.41. The molecule has 1 fully saturated rings. The number of hydrogen-bond donors (Lipinski definition) is 1. The largest absolute Gasteiger partial charge is 0.392 e. The standard InChI is InChI=1S/C6H9NO4/c1-10-7-4-2-3-5(8)11-6(4)9/h4,7H,2-3H2,1H3. The van der Waals surface area contributed by atoms with E-state index in [4.69, 9.17) is 0 Å². The summed E-state index contributed by atoms with van der Waals surface area (Å²) >= 11 is 0. The first-order chi connectivity index (χ1) is 5.24. The average Bonchev–Trinajstić information content (AvgIpc) is 1.95. The Kier molecular flexibility index (Phi) is 2.56. The van der Waals surface area contributed by atoms with Crippen LogP contribution in [0.4, 0.5) is 0 Å². The van der Waals surface area contributed by atoms with Crippen molar-refractivity contribution in [2.24, 2.45) is 0 Å². The molecule has 1 saturated heterocycles. The zero-order chi connectivity index (χ0) is 8.27. The number of hydroxylamine groups is 1. The number of rotatable bonds is 2. The predicted molar refractivity (Wildman–Crippen MR) is 34.3 cm³/mol. The summed E-state index contributed by atoms with van der Waals surface area (Å²) < 4.78 is 4.33. The second-order valence-electron chi connectivity index (χ2n) is 2.21. The molecule has 0 bridgehead atoms. The molecule has 62 valence electrons. The maximum atomic E-state index is 10.8. The van der Waals surface area contributed by atoms with Crippen molar-refractivity contribution in [1.29, 1.82) is 0 Å². The smallest absolute Gasteiger partial charge is 0.333 e. The Balaban J connectivity index is 2.44. The number of esters is 2. The number of cyclic esters (lactones) is 2. The molecule has 0 amide bonds. The lowest BCUT2D eigenvalue weighted by atomic mass is 10.1. The average molecular weight is 159 g/mol. The summed E-state index contributed by atoms with van der Waals surface area (Å²) in [5.41, 5.74) is 2.43. The van der Waals surface area contributed by atoms with Gasteiger partial charge in [-0.05, 0) is 6.42 Å². The van der Waals surface area contributed by atoms with Gasteiger partial charge in [-0.2, -0.15) is 5.48 Å².